The average molecular weight is 1210 g/mol. The van der Waals surface area contributed by atoms with E-state index in [-0.39, 0.29) is 56.1 Å². The van der Waals surface area contributed by atoms with Crippen molar-refractivity contribution in [2.75, 3.05) is 33.0 Å². The van der Waals surface area contributed by atoms with Gasteiger partial charge in [0, 0.05) is 24.3 Å². The number of para-hydroxylation sites is 1. The van der Waals surface area contributed by atoms with Gasteiger partial charge in [0.25, 0.3) is 0 Å². The number of aryl methyl sites for hydroxylation is 2. The zero-order chi connectivity index (χ0) is 62.1. The number of hydrogen-bond donors (Lipinski definition) is 0. The fourth-order valence-electron chi connectivity index (χ4n) is 6.23. The molecule has 5 aromatic carbocycles. The van der Waals surface area contributed by atoms with Gasteiger partial charge in [-0.15, -0.1) is 0 Å². The standard InChI is InChI=1S/2C11H9FO5.3C10H6F2O5/c1-6-4-7(2-3-8(6)12)16-10(13)9-5-15-11(14)17-9;1-6-4-7(12)2-3-8(6)16-10(13)9-5-15-11(14)17-9;11-5-1-6(12)3-7(2-5)16-9(13)8-4-15-10(14)17-8;11-5-1-2-7(6(12)3-5)16-9(13)8-4-15-10(14)17-8;11-5-2-1-3-6(12)8(5)17-9(13)7-4-15-10(14)16-7/h2*2-4,9H,5H2,1H3;2*1-3,8H,4H2;1-3,7H,4H2. The van der Waals surface area contributed by atoms with Crippen LogP contribution in [0.3, 0.4) is 0 Å². The van der Waals surface area contributed by atoms with E-state index in [0.29, 0.717) is 23.3 Å². The van der Waals surface area contributed by atoms with Crippen LogP contribution in [0.1, 0.15) is 11.1 Å². The molecule has 33 heteroatoms. The van der Waals surface area contributed by atoms with Gasteiger partial charge in [-0.25, -0.2) is 83.1 Å². The second-order valence-electron chi connectivity index (χ2n) is 16.5. The number of halogens is 8. The van der Waals surface area contributed by atoms with Crippen molar-refractivity contribution >= 4 is 60.6 Å². The summed E-state index contributed by atoms with van der Waals surface area (Å²) >= 11 is 0. The molecule has 25 nitrogen and oxygen atoms in total. The highest BCUT2D eigenvalue weighted by atomic mass is 19.2. The van der Waals surface area contributed by atoms with E-state index in [0.717, 1.165) is 42.5 Å². The molecule has 5 aliphatic heterocycles. The maximum absolute atomic E-state index is 13.1. The van der Waals surface area contributed by atoms with Crippen LogP contribution in [0, 0.1) is 60.4 Å². The summed E-state index contributed by atoms with van der Waals surface area (Å²) in [6.45, 7) is 1.90. The van der Waals surface area contributed by atoms with Gasteiger partial charge in [-0.05, 0) is 85.6 Å². The van der Waals surface area contributed by atoms with Gasteiger partial charge in [-0.2, -0.15) is 0 Å². The molecule has 5 atom stereocenters. The lowest BCUT2D eigenvalue weighted by molar-refractivity contribution is -0.143. The van der Waals surface area contributed by atoms with Crippen molar-refractivity contribution in [2.24, 2.45) is 0 Å². The molecule has 0 bridgehead atoms. The zero-order valence-corrected chi connectivity index (χ0v) is 42.8. The highest BCUT2D eigenvalue weighted by Crippen LogP contribution is 2.25. The van der Waals surface area contributed by atoms with Crippen LogP contribution in [0.2, 0.25) is 0 Å². The Morgan fingerprint density at radius 2 is 0.729 bits per heavy atom. The smallest absolute Gasteiger partial charge is 0.430 e. The second-order valence-corrected chi connectivity index (χ2v) is 16.5. The van der Waals surface area contributed by atoms with Gasteiger partial charge in [0.2, 0.25) is 36.3 Å². The Bertz CT molecular complexity index is 3250. The largest absolute Gasteiger partial charge is 0.509 e. The van der Waals surface area contributed by atoms with Crippen molar-refractivity contribution in [1.29, 1.82) is 0 Å². The van der Waals surface area contributed by atoms with Crippen LogP contribution in [0.15, 0.2) is 91.0 Å². The highest BCUT2D eigenvalue weighted by molar-refractivity contribution is 5.84. The molecule has 0 spiro atoms. The maximum atomic E-state index is 13.1. The molecule has 0 N–H and O–H groups in total. The molecule has 5 aromatic rings. The quantitative estimate of drug-likeness (QED) is 0.0570. The molecule has 0 aromatic heterocycles. The molecule has 450 valence electrons. The summed E-state index contributed by atoms with van der Waals surface area (Å²) in [6, 6.07) is 15.4. The molecule has 0 amide bonds. The topological polar surface area (TPSA) is 309 Å². The number of carbonyl (C=O) groups excluding carboxylic acids is 10. The van der Waals surface area contributed by atoms with E-state index in [1.165, 1.54) is 36.4 Å². The Kier molecular flexibility index (Phi) is 21.9. The minimum Gasteiger partial charge on any atom is -0.430 e. The van der Waals surface area contributed by atoms with Crippen LogP contribution in [-0.4, -0.2) is 124 Å². The van der Waals surface area contributed by atoms with E-state index in [9.17, 15) is 83.1 Å². The molecule has 5 fully saturated rings. The van der Waals surface area contributed by atoms with Crippen molar-refractivity contribution in [1.82, 2.24) is 0 Å². The van der Waals surface area contributed by atoms with Gasteiger partial charge in [0.05, 0.1) is 0 Å². The van der Waals surface area contributed by atoms with E-state index >= 15 is 0 Å². The van der Waals surface area contributed by atoms with E-state index < -0.39 is 143 Å². The van der Waals surface area contributed by atoms with Gasteiger partial charge in [0.1, 0.15) is 79.4 Å². The highest BCUT2D eigenvalue weighted by Gasteiger charge is 2.38. The lowest BCUT2D eigenvalue weighted by Gasteiger charge is -2.09. The lowest BCUT2D eigenvalue weighted by atomic mass is 10.2. The summed E-state index contributed by atoms with van der Waals surface area (Å²) in [6.07, 6.45) is -10.7. The van der Waals surface area contributed by atoms with Crippen LogP contribution in [0.25, 0.3) is 0 Å². The third-order valence-electron chi connectivity index (χ3n) is 10.2. The molecule has 85 heavy (non-hydrogen) atoms. The first-order valence-corrected chi connectivity index (χ1v) is 23.4. The molecule has 0 saturated carbocycles. The molecule has 0 radical (unpaired) electrons. The molecule has 10 rings (SSSR count). The van der Waals surface area contributed by atoms with Gasteiger partial charge < -0.3 is 71.1 Å². The Morgan fingerprint density at radius 1 is 0.353 bits per heavy atom. The summed E-state index contributed by atoms with van der Waals surface area (Å²) < 4.78 is 171. The number of esters is 5. The van der Waals surface area contributed by atoms with Gasteiger partial charge in [-0.3, -0.25) is 0 Å². The van der Waals surface area contributed by atoms with Gasteiger partial charge in [-0.1, -0.05) is 6.07 Å². The first kappa shape index (κ1) is 63.4. The molecule has 5 unspecified atom stereocenters. The Morgan fingerprint density at radius 3 is 1.12 bits per heavy atom. The van der Waals surface area contributed by atoms with Crippen LogP contribution in [0.5, 0.6) is 28.7 Å². The lowest BCUT2D eigenvalue weighted by Crippen LogP contribution is -2.28. The number of ether oxygens (including phenoxy) is 15. The van der Waals surface area contributed by atoms with E-state index in [2.05, 4.69) is 61.6 Å². The summed E-state index contributed by atoms with van der Waals surface area (Å²) in [5.74, 6) is -12.1. The fourth-order valence-corrected chi connectivity index (χ4v) is 6.23. The number of carbonyl (C=O) groups is 10. The van der Waals surface area contributed by atoms with Crippen LogP contribution in [-0.2, 0) is 71.3 Å². The number of rotatable bonds is 10. The summed E-state index contributed by atoms with van der Waals surface area (Å²) in [5.41, 5.74) is 0.832. The summed E-state index contributed by atoms with van der Waals surface area (Å²) in [4.78, 5) is 110. The van der Waals surface area contributed by atoms with Crippen LogP contribution >= 0.6 is 0 Å². The zero-order valence-electron chi connectivity index (χ0n) is 42.8. The summed E-state index contributed by atoms with van der Waals surface area (Å²) in [7, 11) is 0. The number of hydrogen-bond acceptors (Lipinski definition) is 25. The number of cyclic esters (lactones) is 10. The van der Waals surface area contributed by atoms with Crippen molar-refractivity contribution in [3.05, 3.63) is 149 Å². The molecule has 0 aliphatic carbocycles. The number of benzene rings is 5. The van der Waals surface area contributed by atoms with E-state index in [4.69, 9.17) is 9.47 Å². The SMILES string of the molecule is Cc1cc(F)ccc1OC(=O)C1COC(=O)O1.Cc1cc(OC(=O)C2COC(=O)O2)ccc1F.O=C1OCC(C(=O)Oc2c(F)cccc2F)O1.O=C1OCC(C(=O)Oc2cc(F)cc(F)c2)O1.O=C1OCC(C(=O)Oc2ccc(F)cc2F)O1. The Labute approximate surface area is 468 Å². The second kappa shape index (κ2) is 29.3. The van der Waals surface area contributed by atoms with E-state index in [1.807, 2.05) is 0 Å². The minimum absolute atomic E-state index is 0.169. The van der Waals surface area contributed by atoms with Crippen molar-refractivity contribution in [3.8, 4) is 28.7 Å². The monoisotopic (exact) mass is 1210 g/mol. The van der Waals surface area contributed by atoms with Gasteiger partial charge >= 0.3 is 60.6 Å². The Balaban J connectivity index is 0.000000170. The Hall–Kier alpha value is -10.8. The third-order valence-corrected chi connectivity index (χ3v) is 10.2. The maximum Gasteiger partial charge on any atom is 0.509 e. The van der Waals surface area contributed by atoms with Crippen molar-refractivity contribution < 1.29 is 154 Å². The average Bonchev–Trinajstić information content (AvgIpc) is 4.56. The third kappa shape index (κ3) is 19.2. The van der Waals surface area contributed by atoms with E-state index in [1.54, 1.807) is 13.8 Å². The van der Waals surface area contributed by atoms with Crippen molar-refractivity contribution in [3.63, 3.8) is 0 Å². The van der Waals surface area contributed by atoms with Crippen molar-refractivity contribution in [2.45, 2.75) is 44.4 Å². The predicted molar refractivity (Wildman–Crippen MR) is 251 cm³/mol. The first-order chi connectivity index (χ1) is 40.3. The van der Waals surface area contributed by atoms with Crippen LogP contribution < -0.4 is 23.7 Å². The summed E-state index contributed by atoms with van der Waals surface area (Å²) in [5, 5.41) is 0. The predicted octanol–water partition coefficient (Wildman–Crippen LogP) is 7.37. The van der Waals surface area contributed by atoms with Gasteiger partial charge in [0.15, 0.2) is 23.2 Å². The van der Waals surface area contributed by atoms with Crippen LogP contribution in [0.4, 0.5) is 59.1 Å². The molecule has 5 aliphatic rings. The minimum atomic E-state index is -1.30. The first-order valence-electron chi connectivity index (χ1n) is 23.4. The molecular formula is C52H36F8O25. The molecule has 5 saturated heterocycles. The fraction of sp³-hybridized carbons (Fsp3) is 0.231. The molecular weight excluding hydrogens is 1180 g/mol. The molecule has 5 heterocycles. The normalized spacial score (nSPS) is 18.5.